The fourth-order valence-corrected chi connectivity index (χ4v) is 6.95. The van der Waals surface area contributed by atoms with Crippen LogP contribution in [0, 0.1) is 24.5 Å². The molecule has 0 saturated carbocycles. The number of likely N-dealkylation sites (tertiary alicyclic amines) is 1. The van der Waals surface area contributed by atoms with E-state index in [-0.39, 0.29) is 46.3 Å². The highest BCUT2D eigenvalue weighted by molar-refractivity contribution is 6.22. The summed E-state index contributed by atoms with van der Waals surface area (Å²) in [6.45, 7) is 9.61. The number of halogens is 4. The van der Waals surface area contributed by atoms with Gasteiger partial charge in [0, 0.05) is 55.7 Å². The molecular weight excluding hydrogens is 610 g/mol. The second kappa shape index (κ2) is 13.8. The third-order valence-corrected chi connectivity index (χ3v) is 9.71. The number of hydrogen-bond donors (Lipinski definition) is 2. The quantitative estimate of drug-likeness (QED) is 0.358. The molecule has 0 bridgehead atoms. The van der Waals surface area contributed by atoms with Gasteiger partial charge in [-0.1, -0.05) is 25.5 Å². The van der Waals surface area contributed by atoms with Crippen LogP contribution in [0.15, 0.2) is 57.4 Å². The Hall–Kier alpha value is -3.77. The molecule has 2 N–H and O–H groups in total. The molecule has 0 spiro atoms. The van der Waals surface area contributed by atoms with Crippen LogP contribution in [0.5, 0.6) is 0 Å². The van der Waals surface area contributed by atoms with Crippen LogP contribution in [-0.2, 0) is 11.2 Å². The lowest BCUT2D eigenvalue weighted by Gasteiger charge is -2.40. The molecule has 0 radical (unpaired) electrons. The first-order valence-corrected chi connectivity index (χ1v) is 16.6. The fourth-order valence-electron chi connectivity index (χ4n) is 6.95. The number of allylic oxidation sites excluding steroid dienone is 2. The van der Waals surface area contributed by atoms with Gasteiger partial charge >= 0.3 is 0 Å². The molecule has 47 heavy (non-hydrogen) atoms. The van der Waals surface area contributed by atoms with E-state index >= 15 is 4.39 Å². The number of rotatable bonds is 8. The molecule has 1 aromatic carbocycles. The average Bonchev–Trinajstić information content (AvgIpc) is 3.45. The maximum Gasteiger partial charge on any atom is 0.282 e. The van der Waals surface area contributed by atoms with Crippen LogP contribution in [0.25, 0.3) is 10.9 Å². The number of alkyl halides is 2. The van der Waals surface area contributed by atoms with Crippen molar-refractivity contribution in [3.05, 3.63) is 70.3 Å². The molecule has 4 aliphatic rings. The van der Waals surface area contributed by atoms with Gasteiger partial charge in [0.15, 0.2) is 0 Å². The number of carbonyl (C=O) groups excluding carboxylic acids is 1. The van der Waals surface area contributed by atoms with Crippen LogP contribution in [0.1, 0.15) is 50.8 Å². The van der Waals surface area contributed by atoms with Crippen molar-refractivity contribution in [2.45, 2.75) is 64.8 Å². The van der Waals surface area contributed by atoms with Gasteiger partial charge in [-0.15, -0.1) is 0 Å². The summed E-state index contributed by atoms with van der Waals surface area (Å²) in [6, 6.07) is 2.99. The molecule has 2 fully saturated rings. The SMILES string of the molecule is CCN1CCN(C2C=NC(NC3=NC=CCC(C)C(CCCc4cc(F)c5[nH]c(C)cc5c4F)=C3C(=O)N3CC(F)(F)C3)=CC2)CC1. The third kappa shape index (κ3) is 7.23. The summed E-state index contributed by atoms with van der Waals surface area (Å²) >= 11 is 0. The summed E-state index contributed by atoms with van der Waals surface area (Å²) in [4.78, 5) is 32.1. The van der Waals surface area contributed by atoms with E-state index in [4.69, 9.17) is 0 Å². The highest BCUT2D eigenvalue weighted by Gasteiger charge is 2.48. The number of aromatic amines is 1. The van der Waals surface area contributed by atoms with Gasteiger partial charge < -0.3 is 20.1 Å². The van der Waals surface area contributed by atoms with Crippen LogP contribution in [0.2, 0.25) is 0 Å². The largest absolute Gasteiger partial charge is 0.356 e. The minimum atomic E-state index is -2.93. The fraction of sp³-hybridized carbons (Fsp3) is 0.514. The predicted molar refractivity (Wildman–Crippen MR) is 177 cm³/mol. The molecular formula is C35H43F4N7O. The number of likely N-dealkylation sites (N-methyl/N-ethyl adjacent to an activating group) is 1. The highest BCUT2D eigenvalue weighted by atomic mass is 19.3. The standard InChI is InChI=1S/C35H43F4N7O/c1-4-44-13-15-45(16-14-44)25-10-11-29(41-19-25)43-33-30(34(47)46-20-35(38,39)21-46)26(22(2)7-6-12-40-33)9-5-8-24-18-28(36)32-27(31(24)37)17-23(3)42-32/h6,11-12,17-19,22,25,42H,4-5,7-10,13-16,20-21H2,1-3H3,(H,40,43). The first-order valence-electron chi connectivity index (χ1n) is 16.6. The van der Waals surface area contributed by atoms with E-state index in [1.54, 1.807) is 19.2 Å². The normalized spacial score (nSPS) is 23.8. The van der Waals surface area contributed by atoms with Gasteiger partial charge in [-0.2, -0.15) is 0 Å². The molecule has 6 rings (SSSR count). The monoisotopic (exact) mass is 653 g/mol. The maximum atomic E-state index is 15.4. The summed E-state index contributed by atoms with van der Waals surface area (Å²) in [5.41, 5.74) is 2.05. The Labute approximate surface area is 273 Å². The summed E-state index contributed by atoms with van der Waals surface area (Å²) in [6.07, 6.45) is 9.80. The zero-order chi connectivity index (χ0) is 33.3. The topological polar surface area (TPSA) is 79.3 Å². The summed E-state index contributed by atoms with van der Waals surface area (Å²) in [7, 11) is 0. The number of aliphatic imine (C=N–C) groups is 2. The minimum Gasteiger partial charge on any atom is -0.356 e. The number of H-pyrrole nitrogens is 1. The van der Waals surface area contributed by atoms with Gasteiger partial charge in [-0.05, 0) is 75.3 Å². The molecule has 1 amide bonds. The molecule has 5 heterocycles. The average molecular weight is 654 g/mol. The number of nitrogens with one attached hydrogen (secondary N) is 2. The first-order chi connectivity index (χ1) is 22.5. The lowest BCUT2D eigenvalue weighted by molar-refractivity contribution is -0.161. The maximum absolute atomic E-state index is 15.4. The molecule has 8 nitrogen and oxygen atoms in total. The van der Waals surface area contributed by atoms with Crippen molar-refractivity contribution in [1.29, 1.82) is 0 Å². The Balaban J connectivity index is 1.24. The van der Waals surface area contributed by atoms with Gasteiger partial charge in [0.25, 0.3) is 11.8 Å². The van der Waals surface area contributed by atoms with Gasteiger partial charge in [-0.3, -0.25) is 9.69 Å². The molecule has 12 heteroatoms. The molecule has 2 saturated heterocycles. The van der Waals surface area contributed by atoms with Crippen LogP contribution < -0.4 is 5.32 Å². The van der Waals surface area contributed by atoms with Crippen LogP contribution in [0.4, 0.5) is 17.6 Å². The van der Waals surface area contributed by atoms with Crippen LogP contribution in [-0.4, -0.2) is 95.4 Å². The Morgan fingerprint density at radius 3 is 2.55 bits per heavy atom. The Morgan fingerprint density at radius 2 is 1.87 bits per heavy atom. The van der Waals surface area contributed by atoms with E-state index in [0.717, 1.165) is 49.6 Å². The lowest BCUT2D eigenvalue weighted by Crippen LogP contribution is -2.59. The number of aromatic nitrogens is 1. The number of benzene rings is 1. The van der Waals surface area contributed by atoms with E-state index in [1.807, 2.05) is 25.3 Å². The van der Waals surface area contributed by atoms with Crippen molar-refractivity contribution in [2.24, 2.45) is 15.9 Å². The molecule has 4 aliphatic heterocycles. The van der Waals surface area contributed by atoms with Crippen molar-refractivity contribution in [3.8, 4) is 0 Å². The third-order valence-electron chi connectivity index (χ3n) is 9.71. The molecule has 2 unspecified atom stereocenters. The smallest absolute Gasteiger partial charge is 0.282 e. The van der Waals surface area contributed by atoms with Crippen molar-refractivity contribution in [1.82, 2.24) is 25.0 Å². The van der Waals surface area contributed by atoms with Gasteiger partial charge in [0.2, 0.25) is 0 Å². The highest BCUT2D eigenvalue weighted by Crippen LogP contribution is 2.34. The molecule has 2 atom stereocenters. The summed E-state index contributed by atoms with van der Waals surface area (Å²) < 4.78 is 58.1. The van der Waals surface area contributed by atoms with Crippen molar-refractivity contribution >= 4 is 28.9 Å². The summed E-state index contributed by atoms with van der Waals surface area (Å²) in [5, 5.41) is 3.46. The lowest BCUT2D eigenvalue weighted by atomic mass is 9.86. The molecule has 1 aromatic heterocycles. The predicted octanol–water partition coefficient (Wildman–Crippen LogP) is 5.71. The Morgan fingerprint density at radius 1 is 1.11 bits per heavy atom. The number of amidine groups is 1. The number of fused-ring (bicyclic) bond motifs is 1. The van der Waals surface area contributed by atoms with E-state index < -0.39 is 36.6 Å². The number of aryl methyl sites for hydroxylation is 2. The molecule has 252 valence electrons. The first kappa shape index (κ1) is 33.1. The van der Waals surface area contributed by atoms with E-state index in [2.05, 4.69) is 37.0 Å². The number of piperazine rings is 1. The summed E-state index contributed by atoms with van der Waals surface area (Å²) in [5.74, 6) is -3.77. The van der Waals surface area contributed by atoms with E-state index in [9.17, 15) is 18.0 Å². The van der Waals surface area contributed by atoms with Crippen molar-refractivity contribution < 1.29 is 22.4 Å². The zero-order valence-corrected chi connectivity index (χ0v) is 27.3. The van der Waals surface area contributed by atoms with Crippen LogP contribution >= 0.6 is 0 Å². The van der Waals surface area contributed by atoms with E-state index in [1.165, 1.54) is 6.07 Å². The zero-order valence-electron chi connectivity index (χ0n) is 27.3. The minimum absolute atomic E-state index is 0.120. The number of carbonyl (C=O) groups is 1. The number of hydrogen-bond acceptors (Lipinski definition) is 6. The van der Waals surface area contributed by atoms with E-state index in [0.29, 0.717) is 30.8 Å². The van der Waals surface area contributed by atoms with Gasteiger partial charge in [0.1, 0.15) is 23.3 Å². The van der Waals surface area contributed by atoms with Crippen LogP contribution in [0.3, 0.4) is 0 Å². The van der Waals surface area contributed by atoms with Gasteiger partial charge in [0.05, 0.1) is 24.2 Å². The molecule has 2 aromatic rings. The van der Waals surface area contributed by atoms with Crippen molar-refractivity contribution in [3.63, 3.8) is 0 Å². The second-order valence-electron chi connectivity index (χ2n) is 13.1. The van der Waals surface area contributed by atoms with Crippen molar-refractivity contribution in [2.75, 3.05) is 45.8 Å². The van der Waals surface area contributed by atoms with Gasteiger partial charge in [-0.25, -0.2) is 27.5 Å². The second-order valence-corrected chi connectivity index (χ2v) is 13.1. The number of amides is 1. The molecule has 0 aliphatic carbocycles. The Kier molecular flexibility index (Phi) is 9.70. The Bertz CT molecular complexity index is 1660. The number of nitrogens with zero attached hydrogens (tertiary/aromatic N) is 5.